The van der Waals surface area contributed by atoms with Gasteiger partial charge in [0.15, 0.2) is 5.17 Å². The molecule has 0 aromatic heterocycles. The lowest BCUT2D eigenvalue weighted by molar-refractivity contribution is 1.34. The molecule has 0 fully saturated rings. The van der Waals surface area contributed by atoms with E-state index in [1.807, 2.05) is 48.5 Å². The van der Waals surface area contributed by atoms with Gasteiger partial charge in [-0.05, 0) is 18.2 Å². The molecular formula is C13H10Cl2N2. The van der Waals surface area contributed by atoms with Crippen LogP contribution >= 0.6 is 23.2 Å². The minimum absolute atomic E-state index is 0.333. The first-order valence-corrected chi connectivity index (χ1v) is 5.82. The molecule has 2 rings (SSSR count). The lowest BCUT2D eigenvalue weighted by atomic mass is 10.2. The summed E-state index contributed by atoms with van der Waals surface area (Å²) in [6.07, 6.45) is 0. The molecule has 0 atom stereocenters. The first-order valence-electron chi connectivity index (χ1n) is 5.06. The zero-order chi connectivity index (χ0) is 12.1. The number of benzene rings is 2. The van der Waals surface area contributed by atoms with Crippen LogP contribution < -0.4 is 5.43 Å². The highest BCUT2D eigenvalue weighted by Gasteiger charge is 2.04. The molecule has 2 aromatic carbocycles. The molecule has 0 bridgehead atoms. The van der Waals surface area contributed by atoms with Crippen LogP contribution in [0.4, 0.5) is 5.69 Å². The summed E-state index contributed by atoms with van der Waals surface area (Å²) >= 11 is 12.1. The Morgan fingerprint density at radius 3 is 2.29 bits per heavy atom. The highest BCUT2D eigenvalue weighted by Crippen LogP contribution is 2.18. The number of nitrogens with zero attached hydrogens (tertiary/aromatic N) is 1. The van der Waals surface area contributed by atoms with Crippen molar-refractivity contribution >= 4 is 34.1 Å². The molecule has 0 saturated heterocycles. The summed E-state index contributed by atoms with van der Waals surface area (Å²) in [5, 5.41) is 4.99. The summed E-state index contributed by atoms with van der Waals surface area (Å²) in [4.78, 5) is 0. The monoisotopic (exact) mass is 264 g/mol. The number of halogens is 2. The van der Waals surface area contributed by atoms with Crippen LogP contribution in [0.25, 0.3) is 0 Å². The van der Waals surface area contributed by atoms with Gasteiger partial charge in [0.2, 0.25) is 0 Å². The smallest absolute Gasteiger partial charge is 0.158 e. The Kier molecular flexibility index (Phi) is 4.02. The average molecular weight is 265 g/mol. The van der Waals surface area contributed by atoms with Crippen LogP contribution in [0.3, 0.4) is 0 Å². The van der Waals surface area contributed by atoms with Gasteiger partial charge in [0.25, 0.3) is 0 Å². The third kappa shape index (κ3) is 3.22. The van der Waals surface area contributed by atoms with Gasteiger partial charge in [0, 0.05) is 5.56 Å². The average Bonchev–Trinajstić information content (AvgIpc) is 2.38. The first kappa shape index (κ1) is 12.0. The molecule has 0 aliphatic carbocycles. The van der Waals surface area contributed by atoms with Crippen molar-refractivity contribution in [1.29, 1.82) is 0 Å². The van der Waals surface area contributed by atoms with Crippen LogP contribution in [-0.4, -0.2) is 5.17 Å². The van der Waals surface area contributed by atoms with Crippen LogP contribution in [-0.2, 0) is 0 Å². The minimum atomic E-state index is 0.333. The van der Waals surface area contributed by atoms with Crippen LogP contribution in [0.5, 0.6) is 0 Å². The lowest BCUT2D eigenvalue weighted by Crippen LogP contribution is -1.97. The Bertz CT molecular complexity index is 524. The van der Waals surface area contributed by atoms with Gasteiger partial charge in [0.05, 0.1) is 10.7 Å². The summed E-state index contributed by atoms with van der Waals surface area (Å²) in [5.74, 6) is 0. The number of nitrogens with one attached hydrogen (secondary N) is 1. The molecule has 0 unspecified atom stereocenters. The SMILES string of the molecule is ClC(=NNc1ccccc1)c1ccccc1Cl. The Morgan fingerprint density at radius 1 is 0.941 bits per heavy atom. The fourth-order valence-corrected chi connectivity index (χ4v) is 1.80. The Labute approximate surface area is 110 Å². The third-order valence-corrected chi connectivity index (χ3v) is 2.77. The van der Waals surface area contributed by atoms with Crippen LogP contribution in [0.2, 0.25) is 5.02 Å². The maximum absolute atomic E-state index is 6.06. The molecule has 0 saturated carbocycles. The number of para-hydroxylation sites is 1. The zero-order valence-corrected chi connectivity index (χ0v) is 10.4. The quantitative estimate of drug-likeness (QED) is 0.647. The van der Waals surface area contributed by atoms with E-state index in [1.165, 1.54) is 0 Å². The fourth-order valence-electron chi connectivity index (χ4n) is 1.32. The van der Waals surface area contributed by atoms with Crippen molar-refractivity contribution in [3.8, 4) is 0 Å². The van der Waals surface area contributed by atoms with E-state index in [0.717, 1.165) is 5.69 Å². The van der Waals surface area contributed by atoms with Gasteiger partial charge in [0.1, 0.15) is 0 Å². The van der Waals surface area contributed by atoms with Gasteiger partial charge >= 0.3 is 0 Å². The molecule has 17 heavy (non-hydrogen) atoms. The Balaban J connectivity index is 2.16. The van der Waals surface area contributed by atoms with Crippen molar-refractivity contribution in [3.63, 3.8) is 0 Å². The van der Waals surface area contributed by atoms with Gasteiger partial charge in [-0.2, -0.15) is 5.10 Å². The molecule has 2 aromatic rings. The highest BCUT2D eigenvalue weighted by atomic mass is 35.5. The van der Waals surface area contributed by atoms with E-state index in [0.29, 0.717) is 15.8 Å². The topological polar surface area (TPSA) is 24.4 Å². The number of rotatable bonds is 3. The molecule has 0 aliphatic heterocycles. The van der Waals surface area contributed by atoms with E-state index in [-0.39, 0.29) is 0 Å². The number of hydrazone groups is 1. The first-order chi connectivity index (χ1) is 8.27. The highest BCUT2D eigenvalue weighted by molar-refractivity contribution is 6.70. The maximum atomic E-state index is 6.06. The van der Waals surface area contributed by atoms with E-state index in [2.05, 4.69) is 10.5 Å². The van der Waals surface area contributed by atoms with E-state index < -0.39 is 0 Å². The van der Waals surface area contributed by atoms with E-state index in [1.54, 1.807) is 6.07 Å². The predicted octanol–water partition coefficient (Wildman–Crippen LogP) is 4.35. The second-order valence-corrected chi connectivity index (χ2v) is 4.13. The standard InChI is InChI=1S/C13H10Cl2N2/c14-12-9-5-4-8-11(12)13(15)17-16-10-6-2-1-3-7-10/h1-9,16H. The van der Waals surface area contributed by atoms with Crippen LogP contribution in [0, 0.1) is 0 Å². The van der Waals surface area contributed by atoms with E-state index in [9.17, 15) is 0 Å². The zero-order valence-electron chi connectivity index (χ0n) is 8.90. The third-order valence-electron chi connectivity index (χ3n) is 2.15. The van der Waals surface area contributed by atoms with Crippen LogP contribution in [0.15, 0.2) is 59.7 Å². The van der Waals surface area contributed by atoms with Crippen molar-refractivity contribution < 1.29 is 0 Å². The van der Waals surface area contributed by atoms with Crippen molar-refractivity contribution in [3.05, 3.63) is 65.2 Å². The Hall–Kier alpha value is -1.51. The Morgan fingerprint density at radius 2 is 1.59 bits per heavy atom. The normalized spacial score (nSPS) is 11.3. The van der Waals surface area contributed by atoms with Crippen molar-refractivity contribution in [2.75, 3.05) is 5.43 Å². The molecule has 0 heterocycles. The van der Waals surface area contributed by atoms with Crippen molar-refractivity contribution in [2.24, 2.45) is 5.10 Å². The molecule has 0 spiro atoms. The van der Waals surface area contributed by atoms with Crippen molar-refractivity contribution in [2.45, 2.75) is 0 Å². The summed E-state index contributed by atoms with van der Waals surface area (Å²) in [6.45, 7) is 0. The summed E-state index contributed by atoms with van der Waals surface area (Å²) in [5.41, 5.74) is 4.45. The summed E-state index contributed by atoms with van der Waals surface area (Å²) in [6, 6.07) is 16.9. The summed E-state index contributed by atoms with van der Waals surface area (Å²) in [7, 11) is 0. The number of anilines is 1. The molecular weight excluding hydrogens is 255 g/mol. The minimum Gasteiger partial charge on any atom is -0.277 e. The number of hydrogen-bond acceptors (Lipinski definition) is 2. The number of hydrogen-bond donors (Lipinski definition) is 1. The molecule has 1 N–H and O–H groups in total. The van der Waals surface area contributed by atoms with Gasteiger partial charge in [-0.15, -0.1) is 0 Å². The van der Waals surface area contributed by atoms with E-state index in [4.69, 9.17) is 23.2 Å². The van der Waals surface area contributed by atoms with Gasteiger partial charge in [-0.25, -0.2) is 0 Å². The maximum Gasteiger partial charge on any atom is 0.158 e. The van der Waals surface area contributed by atoms with Crippen molar-refractivity contribution in [1.82, 2.24) is 0 Å². The molecule has 0 aliphatic rings. The fraction of sp³-hybridized carbons (Fsp3) is 0. The van der Waals surface area contributed by atoms with E-state index >= 15 is 0 Å². The predicted molar refractivity (Wildman–Crippen MR) is 73.9 cm³/mol. The summed E-state index contributed by atoms with van der Waals surface area (Å²) < 4.78 is 0. The second kappa shape index (κ2) is 5.71. The van der Waals surface area contributed by atoms with Gasteiger partial charge < -0.3 is 0 Å². The molecule has 0 radical (unpaired) electrons. The largest absolute Gasteiger partial charge is 0.277 e. The second-order valence-electron chi connectivity index (χ2n) is 3.36. The molecule has 86 valence electrons. The van der Waals surface area contributed by atoms with Gasteiger partial charge in [-0.3, -0.25) is 5.43 Å². The van der Waals surface area contributed by atoms with Gasteiger partial charge in [-0.1, -0.05) is 59.6 Å². The molecule has 2 nitrogen and oxygen atoms in total. The van der Waals surface area contributed by atoms with Crippen LogP contribution in [0.1, 0.15) is 5.56 Å². The lowest BCUT2D eigenvalue weighted by Gasteiger charge is -2.03. The molecule has 4 heteroatoms. The molecule has 0 amide bonds.